The molecule has 0 spiro atoms. The van der Waals surface area contributed by atoms with Crippen LogP contribution in [0, 0.1) is 0 Å². The van der Waals surface area contributed by atoms with E-state index in [4.69, 9.17) is 0 Å². The van der Waals surface area contributed by atoms with E-state index in [1.54, 1.807) is 22.7 Å². The Labute approximate surface area is 104 Å². The van der Waals surface area contributed by atoms with E-state index >= 15 is 0 Å². The van der Waals surface area contributed by atoms with Crippen molar-refractivity contribution in [1.29, 1.82) is 0 Å². The van der Waals surface area contributed by atoms with Crippen LogP contribution < -0.4 is 5.32 Å². The zero-order chi connectivity index (χ0) is 11.5. The largest absolute Gasteiger partial charge is 0.311 e. The van der Waals surface area contributed by atoms with Crippen molar-refractivity contribution in [2.24, 2.45) is 0 Å². The van der Waals surface area contributed by atoms with Crippen LogP contribution in [0.4, 0.5) is 0 Å². The summed E-state index contributed by atoms with van der Waals surface area (Å²) >= 11 is 3.47. The normalized spacial score (nSPS) is 12.9. The summed E-state index contributed by atoms with van der Waals surface area (Å²) in [6.07, 6.45) is 1.09. The van der Waals surface area contributed by atoms with Gasteiger partial charge < -0.3 is 5.32 Å². The number of rotatable bonds is 4. The quantitative estimate of drug-likeness (QED) is 0.909. The molecule has 0 aliphatic rings. The third kappa shape index (κ3) is 2.31. The van der Waals surface area contributed by atoms with Gasteiger partial charge in [-0.25, -0.2) is 0 Å². The van der Waals surface area contributed by atoms with Crippen LogP contribution >= 0.6 is 22.7 Å². The van der Waals surface area contributed by atoms with E-state index in [0.29, 0.717) is 0 Å². The van der Waals surface area contributed by atoms with Crippen molar-refractivity contribution in [3.63, 3.8) is 0 Å². The molecule has 1 N–H and O–H groups in total. The summed E-state index contributed by atoms with van der Waals surface area (Å²) < 4.78 is 0. The zero-order valence-corrected chi connectivity index (χ0v) is 11.3. The molecule has 0 aromatic carbocycles. The second kappa shape index (κ2) is 5.03. The maximum Gasteiger partial charge on any atom is 0.157 e. The SMILES string of the molecule is CCc1ccc(-c2nnc(C(C)NC)s2)s1. The Morgan fingerprint density at radius 2 is 2.12 bits per heavy atom. The van der Waals surface area contributed by atoms with Gasteiger partial charge in [0.15, 0.2) is 5.01 Å². The fourth-order valence-electron chi connectivity index (χ4n) is 1.32. The molecule has 2 heterocycles. The predicted molar refractivity (Wildman–Crippen MR) is 70.1 cm³/mol. The summed E-state index contributed by atoms with van der Waals surface area (Å²) in [7, 11) is 1.94. The molecule has 16 heavy (non-hydrogen) atoms. The van der Waals surface area contributed by atoms with Gasteiger partial charge in [-0.05, 0) is 32.5 Å². The summed E-state index contributed by atoms with van der Waals surface area (Å²) in [5, 5.41) is 13.7. The molecule has 3 nitrogen and oxygen atoms in total. The molecule has 2 aromatic rings. The van der Waals surface area contributed by atoms with Gasteiger partial charge in [-0.15, -0.1) is 21.5 Å². The van der Waals surface area contributed by atoms with Crippen LogP contribution in [0.5, 0.6) is 0 Å². The molecular formula is C11H15N3S2. The highest BCUT2D eigenvalue weighted by Gasteiger charge is 2.12. The molecule has 0 radical (unpaired) electrons. The molecule has 1 atom stereocenters. The van der Waals surface area contributed by atoms with Gasteiger partial charge in [-0.2, -0.15) is 0 Å². The monoisotopic (exact) mass is 253 g/mol. The van der Waals surface area contributed by atoms with Gasteiger partial charge in [0.1, 0.15) is 5.01 Å². The van der Waals surface area contributed by atoms with Gasteiger partial charge >= 0.3 is 0 Å². The van der Waals surface area contributed by atoms with Crippen LogP contribution in [0.1, 0.15) is 29.8 Å². The molecule has 86 valence electrons. The van der Waals surface area contributed by atoms with Crippen molar-refractivity contribution in [1.82, 2.24) is 15.5 Å². The first kappa shape index (κ1) is 11.7. The van der Waals surface area contributed by atoms with Crippen molar-refractivity contribution in [3.8, 4) is 9.88 Å². The maximum atomic E-state index is 4.24. The van der Waals surface area contributed by atoms with Crippen LogP contribution in [0.25, 0.3) is 9.88 Å². The fourth-order valence-corrected chi connectivity index (χ4v) is 3.22. The molecule has 0 saturated carbocycles. The number of aryl methyl sites for hydroxylation is 1. The van der Waals surface area contributed by atoms with Crippen LogP contribution in [0.15, 0.2) is 12.1 Å². The standard InChI is InChI=1S/C11H15N3S2/c1-4-8-5-6-9(15-8)11-14-13-10(16-11)7(2)12-3/h5-7,12H,4H2,1-3H3. The van der Waals surface area contributed by atoms with E-state index < -0.39 is 0 Å². The first-order chi connectivity index (χ1) is 7.74. The lowest BCUT2D eigenvalue weighted by molar-refractivity contribution is 0.640. The smallest absolute Gasteiger partial charge is 0.157 e. The predicted octanol–water partition coefficient (Wildman–Crippen LogP) is 3.11. The molecule has 0 saturated heterocycles. The van der Waals surface area contributed by atoms with Crippen LogP contribution in [0.2, 0.25) is 0 Å². The molecule has 0 aliphatic heterocycles. The van der Waals surface area contributed by atoms with Crippen molar-refractivity contribution in [3.05, 3.63) is 22.0 Å². The number of nitrogens with one attached hydrogen (secondary N) is 1. The highest BCUT2D eigenvalue weighted by Crippen LogP contribution is 2.32. The van der Waals surface area contributed by atoms with Crippen LogP contribution in [-0.4, -0.2) is 17.2 Å². The topological polar surface area (TPSA) is 37.8 Å². The van der Waals surface area contributed by atoms with E-state index in [0.717, 1.165) is 16.4 Å². The minimum Gasteiger partial charge on any atom is -0.311 e. The number of hydrogen-bond donors (Lipinski definition) is 1. The Morgan fingerprint density at radius 1 is 1.31 bits per heavy atom. The summed E-state index contributed by atoms with van der Waals surface area (Å²) in [5.41, 5.74) is 0. The van der Waals surface area contributed by atoms with Crippen LogP contribution in [0.3, 0.4) is 0 Å². The van der Waals surface area contributed by atoms with Gasteiger partial charge in [0.25, 0.3) is 0 Å². The maximum absolute atomic E-state index is 4.24. The molecule has 0 aliphatic carbocycles. The first-order valence-electron chi connectivity index (χ1n) is 5.34. The Balaban J connectivity index is 2.24. The Morgan fingerprint density at radius 3 is 2.75 bits per heavy atom. The fraction of sp³-hybridized carbons (Fsp3) is 0.455. The Hall–Kier alpha value is -0.780. The molecule has 0 fully saturated rings. The van der Waals surface area contributed by atoms with E-state index in [9.17, 15) is 0 Å². The number of nitrogens with zero attached hydrogens (tertiary/aromatic N) is 2. The van der Waals surface area contributed by atoms with E-state index in [-0.39, 0.29) is 6.04 Å². The van der Waals surface area contributed by atoms with Gasteiger partial charge in [0.2, 0.25) is 0 Å². The van der Waals surface area contributed by atoms with Gasteiger partial charge in [0, 0.05) is 4.88 Å². The van der Waals surface area contributed by atoms with Crippen molar-refractivity contribution in [2.75, 3.05) is 7.05 Å². The summed E-state index contributed by atoms with van der Waals surface area (Å²) in [5.74, 6) is 0. The van der Waals surface area contributed by atoms with E-state index in [1.165, 1.54) is 9.75 Å². The van der Waals surface area contributed by atoms with Crippen molar-refractivity contribution in [2.45, 2.75) is 26.3 Å². The number of aromatic nitrogens is 2. The number of thiophene rings is 1. The second-order valence-electron chi connectivity index (χ2n) is 3.58. The van der Waals surface area contributed by atoms with Gasteiger partial charge in [-0.1, -0.05) is 18.3 Å². The van der Waals surface area contributed by atoms with Crippen LogP contribution in [-0.2, 0) is 6.42 Å². The molecule has 0 bridgehead atoms. The lowest BCUT2D eigenvalue weighted by Crippen LogP contribution is -2.11. The lowest BCUT2D eigenvalue weighted by atomic mass is 10.4. The highest BCUT2D eigenvalue weighted by molar-refractivity contribution is 7.21. The second-order valence-corrected chi connectivity index (χ2v) is 5.75. The number of hydrogen-bond acceptors (Lipinski definition) is 5. The van der Waals surface area contributed by atoms with Crippen molar-refractivity contribution < 1.29 is 0 Å². The minimum absolute atomic E-state index is 0.275. The summed E-state index contributed by atoms with van der Waals surface area (Å²) in [6, 6.07) is 4.58. The molecule has 5 heteroatoms. The van der Waals surface area contributed by atoms with Crippen molar-refractivity contribution >= 4 is 22.7 Å². The average molecular weight is 253 g/mol. The average Bonchev–Trinajstić information content (AvgIpc) is 2.95. The highest BCUT2D eigenvalue weighted by atomic mass is 32.1. The third-order valence-corrected chi connectivity index (χ3v) is 4.97. The van der Waals surface area contributed by atoms with Gasteiger partial charge in [-0.3, -0.25) is 0 Å². The zero-order valence-electron chi connectivity index (χ0n) is 9.65. The molecule has 2 rings (SSSR count). The Kier molecular flexibility index (Phi) is 3.68. The minimum atomic E-state index is 0.275. The first-order valence-corrected chi connectivity index (χ1v) is 6.97. The lowest BCUT2D eigenvalue weighted by Gasteiger charge is -2.02. The summed E-state index contributed by atoms with van der Waals surface area (Å²) in [6.45, 7) is 4.26. The van der Waals surface area contributed by atoms with Gasteiger partial charge in [0.05, 0.1) is 10.9 Å². The third-order valence-electron chi connectivity index (χ3n) is 2.46. The molecule has 0 amide bonds. The Bertz CT molecular complexity index is 461. The summed E-state index contributed by atoms with van der Waals surface area (Å²) in [4.78, 5) is 2.62. The molecular weight excluding hydrogens is 238 g/mol. The van der Waals surface area contributed by atoms with E-state index in [1.807, 2.05) is 7.05 Å². The van der Waals surface area contributed by atoms with E-state index in [2.05, 4.69) is 41.5 Å². The molecule has 1 unspecified atom stereocenters. The molecule has 2 aromatic heterocycles.